The van der Waals surface area contributed by atoms with E-state index in [4.69, 9.17) is 0 Å². The fourth-order valence-corrected chi connectivity index (χ4v) is 0.959. The lowest BCUT2D eigenvalue weighted by Gasteiger charge is -2.20. The van der Waals surface area contributed by atoms with E-state index in [0.29, 0.717) is 6.92 Å². The van der Waals surface area contributed by atoms with Crippen LogP contribution < -0.4 is 0 Å². The summed E-state index contributed by atoms with van der Waals surface area (Å²) in [4.78, 5) is 10.8. The van der Waals surface area contributed by atoms with Crippen LogP contribution in [0, 0.1) is 0 Å². The Hall–Kier alpha value is -1.07. The smallest absolute Gasteiger partial charge is 0.333 e. The van der Waals surface area contributed by atoms with Crippen LogP contribution in [-0.4, -0.2) is 24.4 Å². The highest BCUT2D eigenvalue weighted by Gasteiger charge is 2.39. The molecule has 0 atom stereocenters. The van der Waals surface area contributed by atoms with Crippen LogP contribution in [0.3, 0.4) is 0 Å². The van der Waals surface area contributed by atoms with Crippen molar-refractivity contribution in [3.05, 3.63) is 12.2 Å². The topological polar surface area (TPSA) is 26.3 Å². The van der Waals surface area contributed by atoms with Crippen LogP contribution in [0.5, 0.6) is 0 Å². The monoisotopic (exact) mass is 242 g/mol. The Labute approximate surface area is 91.3 Å². The summed E-state index contributed by atoms with van der Waals surface area (Å²) in [5.74, 6) is -7.80. The summed E-state index contributed by atoms with van der Waals surface area (Å²) >= 11 is 0. The zero-order valence-corrected chi connectivity index (χ0v) is 9.16. The number of ether oxygens (including phenoxy) is 1. The molecule has 0 rings (SSSR count). The molecule has 0 spiro atoms. The molecule has 0 aliphatic carbocycles. The van der Waals surface area contributed by atoms with E-state index in [-0.39, 0.29) is 5.57 Å². The Morgan fingerprint density at radius 2 is 1.81 bits per heavy atom. The van der Waals surface area contributed by atoms with Crippen molar-refractivity contribution in [3.63, 3.8) is 0 Å². The molecule has 0 N–H and O–H groups in total. The maximum absolute atomic E-state index is 12.9. The Bertz CT molecular complexity index is 268. The maximum atomic E-state index is 12.9. The van der Waals surface area contributed by atoms with Crippen molar-refractivity contribution in [2.24, 2.45) is 0 Å². The molecule has 0 aliphatic rings. The Morgan fingerprint density at radius 1 is 1.31 bits per heavy atom. The summed E-state index contributed by atoms with van der Waals surface area (Å²) in [5, 5.41) is 0. The highest BCUT2D eigenvalue weighted by molar-refractivity contribution is 5.86. The molecule has 0 amide bonds. The molecular formula is C10H14F4O2. The van der Waals surface area contributed by atoms with Crippen molar-refractivity contribution in [1.82, 2.24) is 0 Å². The highest BCUT2D eigenvalue weighted by Crippen LogP contribution is 2.32. The molecule has 0 aliphatic heterocycles. The number of esters is 1. The minimum absolute atomic E-state index is 0.0733. The average molecular weight is 242 g/mol. The first-order chi connectivity index (χ1) is 7.03. The van der Waals surface area contributed by atoms with Crippen molar-refractivity contribution in [2.75, 3.05) is 6.61 Å². The zero-order valence-electron chi connectivity index (χ0n) is 9.16. The number of carbonyl (C=O) groups is 1. The van der Waals surface area contributed by atoms with E-state index in [1.165, 1.54) is 6.92 Å². The van der Waals surface area contributed by atoms with Gasteiger partial charge < -0.3 is 4.74 Å². The lowest BCUT2D eigenvalue weighted by molar-refractivity contribution is -0.144. The number of halogens is 4. The van der Waals surface area contributed by atoms with Crippen LogP contribution in [0.4, 0.5) is 17.6 Å². The lowest BCUT2D eigenvalue weighted by atomic mass is 10.1. The molecule has 6 heteroatoms. The molecule has 0 radical (unpaired) electrons. The summed E-state index contributed by atoms with van der Waals surface area (Å²) in [7, 11) is 0. The second kappa shape index (κ2) is 5.32. The summed E-state index contributed by atoms with van der Waals surface area (Å²) in [5.41, 5.74) is 0.0733. The highest BCUT2D eigenvalue weighted by atomic mass is 19.3. The van der Waals surface area contributed by atoms with Gasteiger partial charge in [-0.25, -0.2) is 22.4 Å². The van der Waals surface area contributed by atoms with Crippen LogP contribution >= 0.6 is 0 Å². The number of hydrogen-bond donors (Lipinski definition) is 0. The molecule has 0 unspecified atom stereocenters. The fourth-order valence-electron chi connectivity index (χ4n) is 0.959. The maximum Gasteiger partial charge on any atom is 0.333 e. The van der Waals surface area contributed by atoms with Gasteiger partial charge in [0.25, 0.3) is 11.8 Å². The first-order valence-corrected chi connectivity index (χ1v) is 4.62. The van der Waals surface area contributed by atoms with Crippen molar-refractivity contribution >= 4 is 5.97 Å². The quantitative estimate of drug-likeness (QED) is 0.406. The predicted molar refractivity (Wildman–Crippen MR) is 50.6 cm³/mol. The molecule has 2 nitrogen and oxygen atoms in total. The van der Waals surface area contributed by atoms with Crippen LogP contribution in [0.2, 0.25) is 0 Å². The van der Waals surface area contributed by atoms with E-state index >= 15 is 0 Å². The largest absolute Gasteiger partial charge is 0.462 e. The molecule has 0 bridgehead atoms. The molecule has 0 aromatic carbocycles. The van der Waals surface area contributed by atoms with Crippen LogP contribution in [0.15, 0.2) is 12.2 Å². The summed E-state index contributed by atoms with van der Waals surface area (Å²) < 4.78 is 54.8. The minimum Gasteiger partial charge on any atom is -0.462 e. The van der Waals surface area contributed by atoms with Gasteiger partial charge in [-0.2, -0.15) is 0 Å². The second-order valence-electron chi connectivity index (χ2n) is 3.77. The predicted octanol–water partition coefficient (Wildman–Crippen LogP) is 3.18. The Morgan fingerprint density at radius 3 is 2.19 bits per heavy atom. The normalized spacial score (nSPS) is 12.4. The van der Waals surface area contributed by atoms with E-state index in [9.17, 15) is 22.4 Å². The van der Waals surface area contributed by atoms with Gasteiger partial charge in [0.15, 0.2) is 0 Å². The van der Waals surface area contributed by atoms with Crippen LogP contribution in [0.1, 0.15) is 26.7 Å². The molecule has 0 heterocycles. The molecule has 0 saturated heterocycles. The average Bonchev–Trinajstić information content (AvgIpc) is 1.98. The first-order valence-electron chi connectivity index (χ1n) is 4.62. The van der Waals surface area contributed by atoms with Gasteiger partial charge in [-0.05, 0) is 13.8 Å². The summed E-state index contributed by atoms with van der Waals surface area (Å²) in [6.45, 7) is 4.42. The van der Waals surface area contributed by atoms with Gasteiger partial charge in [-0.15, -0.1) is 0 Å². The van der Waals surface area contributed by atoms with E-state index < -0.39 is 37.3 Å². The molecule has 0 aromatic heterocycles. The number of alkyl halides is 4. The minimum atomic E-state index is -3.55. The van der Waals surface area contributed by atoms with Crippen molar-refractivity contribution in [1.29, 1.82) is 0 Å². The standard InChI is InChI=1S/C10H14F4O2/c1-7(2)8(15)16-5-4-10(13,14)6-9(3,11)12/h1,4-6H2,2-3H3. The second-order valence-corrected chi connectivity index (χ2v) is 3.77. The van der Waals surface area contributed by atoms with Crippen molar-refractivity contribution in [2.45, 2.75) is 38.5 Å². The molecule has 0 saturated carbocycles. The van der Waals surface area contributed by atoms with Crippen molar-refractivity contribution < 1.29 is 27.1 Å². The zero-order chi connectivity index (χ0) is 13.0. The van der Waals surface area contributed by atoms with E-state index in [2.05, 4.69) is 11.3 Å². The van der Waals surface area contributed by atoms with Gasteiger partial charge in [0.05, 0.1) is 13.0 Å². The van der Waals surface area contributed by atoms with Gasteiger partial charge in [0.2, 0.25) is 0 Å². The molecule has 16 heavy (non-hydrogen) atoms. The van der Waals surface area contributed by atoms with Crippen LogP contribution in [0.25, 0.3) is 0 Å². The fraction of sp³-hybridized carbons (Fsp3) is 0.700. The summed E-state index contributed by atoms with van der Waals surface area (Å²) in [6.07, 6.45) is -2.47. The van der Waals surface area contributed by atoms with E-state index in [0.717, 1.165) is 0 Å². The molecule has 0 fully saturated rings. The third-order valence-electron chi connectivity index (χ3n) is 1.62. The van der Waals surface area contributed by atoms with E-state index in [1.807, 2.05) is 0 Å². The molecule has 94 valence electrons. The molecular weight excluding hydrogens is 228 g/mol. The third kappa shape index (κ3) is 7.25. The Balaban J connectivity index is 4.01. The lowest BCUT2D eigenvalue weighted by Crippen LogP contribution is -2.28. The van der Waals surface area contributed by atoms with Crippen LogP contribution in [-0.2, 0) is 9.53 Å². The van der Waals surface area contributed by atoms with Crippen molar-refractivity contribution in [3.8, 4) is 0 Å². The first kappa shape index (κ1) is 14.9. The van der Waals surface area contributed by atoms with Gasteiger partial charge in [-0.3, -0.25) is 0 Å². The number of carbonyl (C=O) groups excluding carboxylic acids is 1. The SMILES string of the molecule is C=C(C)C(=O)OCCC(F)(F)CC(C)(F)F. The third-order valence-corrected chi connectivity index (χ3v) is 1.62. The number of hydrogen-bond acceptors (Lipinski definition) is 2. The van der Waals surface area contributed by atoms with Gasteiger partial charge in [-0.1, -0.05) is 6.58 Å². The summed E-state index contributed by atoms with van der Waals surface area (Å²) in [6, 6.07) is 0. The van der Waals surface area contributed by atoms with Gasteiger partial charge in [0, 0.05) is 12.0 Å². The van der Waals surface area contributed by atoms with E-state index in [1.54, 1.807) is 0 Å². The van der Waals surface area contributed by atoms with Gasteiger partial charge in [0.1, 0.15) is 0 Å². The number of rotatable bonds is 6. The van der Waals surface area contributed by atoms with Gasteiger partial charge >= 0.3 is 5.97 Å². The molecule has 0 aromatic rings. The Kier molecular flexibility index (Phi) is 4.96.